The lowest BCUT2D eigenvalue weighted by molar-refractivity contribution is 0.262. The van der Waals surface area contributed by atoms with E-state index in [4.69, 9.17) is 9.72 Å². The van der Waals surface area contributed by atoms with E-state index in [0.717, 1.165) is 44.6 Å². The van der Waals surface area contributed by atoms with Crippen molar-refractivity contribution < 1.29 is 9.53 Å². The molecule has 0 saturated carbocycles. The maximum atomic E-state index is 12.3. The minimum atomic E-state index is -0.292. The van der Waals surface area contributed by atoms with E-state index in [1.807, 2.05) is 97.1 Å². The molecular formula is C27H22N4O2. The van der Waals surface area contributed by atoms with Crippen LogP contribution in [-0.2, 0) is 0 Å². The van der Waals surface area contributed by atoms with Gasteiger partial charge in [-0.05, 0) is 48.5 Å². The molecule has 33 heavy (non-hydrogen) atoms. The molecule has 0 fully saturated rings. The topological polar surface area (TPSA) is 75.3 Å². The Hall–Kier alpha value is -4.58. The third-order valence-electron chi connectivity index (χ3n) is 5.34. The Kier molecular flexibility index (Phi) is 5.47. The van der Waals surface area contributed by atoms with E-state index >= 15 is 0 Å². The normalized spacial score (nSPS) is 10.7. The Labute approximate surface area is 191 Å². The maximum absolute atomic E-state index is 12.3. The second kappa shape index (κ2) is 8.88. The number of urea groups is 1. The zero-order valence-electron chi connectivity index (χ0n) is 18.0. The fraction of sp³-hybridized carbons (Fsp3) is 0.0370. The molecule has 2 amide bonds. The van der Waals surface area contributed by atoms with Crippen molar-refractivity contribution in [1.29, 1.82) is 0 Å². The van der Waals surface area contributed by atoms with Crippen molar-refractivity contribution in [1.82, 2.24) is 4.98 Å². The predicted octanol–water partition coefficient (Wildman–Crippen LogP) is 6.78. The van der Waals surface area contributed by atoms with Gasteiger partial charge in [0, 0.05) is 27.8 Å². The Morgan fingerprint density at radius 2 is 1.33 bits per heavy atom. The van der Waals surface area contributed by atoms with E-state index in [1.54, 1.807) is 7.11 Å². The molecule has 0 spiro atoms. The molecule has 0 aliphatic carbocycles. The predicted molar refractivity (Wildman–Crippen MR) is 135 cm³/mol. The smallest absolute Gasteiger partial charge is 0.323 e. The van der Waals surface area contributed by atoms with Gasteiger partial charge in [-0.1, -0.05) is 48.5 Å². The van der Waals surface area contributed by atoms with Gasteiger partial charge in [-0.15, -0.1) is 0 Å². The van der Waals surface area contributed by atoms with Crippen LogP contribution in [0.2, 0.25) is 0 Å². The number of benzene rings is 4. The summed E-state index contributed by atoms with van der Waals surface area (Å²) in [5.74, 6) is 0.727. The molecule has 0 aliphatic heterocycles. The third kappa shape index (κ3) is 4.27. The molecule has 6 nitrogen and oxygen atoms in total. The number of methoxy groups -OCH3 is 1. The molecule has 0 aliphatic rings. The van der Waals surface area contributed by atoms with Crippen molar-refractivity contribution in [3.05, 3.63) is 97.1 Å². The van der Waals surface area contributed by atoms with E-state index < -0.39 is 0 Å². The second-order valence-corrected chi connectivity index (χ2v) is 7.51. The number of carbonyl (C=O) groups is 1. The highest BCUT2D eigenvalue weighted by Crippen LogP contribution is 2.36. The van der Waals surface area contributed by atoms with Gasteiger partial charge in [0.25, 0.3) is 0 Å². The van der Waals surface area contributed by atoms with Gasteiger partial charge in [0.15, 0.2) is 0 Å². The van der Waals surface area contributed by atoms with Gasteiger partial charge in [0.1, 0.15) is 11.3 Å². The molecule has 1 heterocycles. The average Bonchev–Trinajstić information content (AvgIpc) is 2.85. The Morgan fingerprint density at radius 3 is 2.09 bits per heavy atom. The number of nitrogens with zero attached hydrogens (tertiary/aromatic N) is 1. The largest absolute Gasteiger partial charge is 0.494 e. The number of nitrogens with one attached hydrogen (secondary N) is 3. The van der Waals surface area contributed by atoms with Crippen molar-refractivity contribution in [2.24, 2.45) is 0 Å². The van der Waals surface area contributed by atoms with Crippen LogP contribution in [0.3, 0.4) is 0 Å². The minimum Gasteiger partial charge on any atom is -0.494 e. The second-order valence-electron chi connectivity index (χ2n) is 7.51. The number of carbonyl (C=O) groups excluding carboxylic acids is 1. The summed E-state index contributed by atoms with van der Waals surface area (Å²) in [5.41, 5.74) is 4.96. The lowest BCUT2D eigenvalue weighted by atomic mass is 10.1. The number of anilines is 4. The summed E-state index contributed by atoms with van der Waals surface area (Å²) in [6.07, 6.45) is 0. The first-order chi connectivity index (χ1) is 16.2. The fourth-order valence-electron chi connectivity index (χ4n) is 3.78. The highest BCUT2D eigenvalue weighted by atomic mass is 16.5. The first-order valence-corrected chi connectivity index (χ1v) is 10.6. The zero-order valence-corrected chi connectivity index (χ0v) is 18.0. The summed E-state index contributed by atoms with van der Waals surface area (Å²) in [4.78, 5) is 17.1. The van der Waals surface area contributed by atoms with Crippen LogP contribution in [0.25, 0.3) is 21.8 Å². The average molecular weight is 434 g/mol. The van der Waals surface area contributed by atoms with Gasteiger partial charge in [-0.3, -0.25) is 0 Å². The zero-order chi connectivity index (χ0) is 22.6. The molecule has 3 N–H and O–H groups in total. The van der Waals surface area contributed by atoms with Crippen molar-refractivity contribution in [2.75, 3.05) is 23.1 Å². The van der Waals surface area contributed by atoms with Crippen molar-refractivity contribution in [3.63, 3.8) is 0 Å². The summed E-state index contributed by atoms with van der Waals surface area (Å²) >= 11 is 0. The van der Waals surface area contributed by atoms with Crippen LogP contribution in [0.4, 0.5) is 27.5 Å². The highest BCUT2D eigenvalue weighted by Gasteiger charge is 2.12. The summed E-state index contributed by atoms with van der Waals surface area (Å²) in [5, 5.41) is 11.2. The molecule has 0 saturated heterocycles. The van der Waals surface area contributed by atoms with Gasteiger partial charge in [-0.25, -0.2) is 9.78 Å². The Balaban J connectivity index is 1.42. The first-order valence-electron chi connectivity index (χ1n) is 10.6. The van der Waals surface area contributed by atoms with Gasteiger partial charge in [-0.2, -0.15) is 0 Å². The van der Waals surface area contributed by atoms with Crippen molar-refractivity contribution in [2.45, 2.75) is 0 Å². The van der Waals surface area contributed by atoms with Crippen LogP contribution >= 0.6 is 0 Å². The van der Waals surface area contributed by atoms with Gasteiger partial charge in [0.2, 0.25) is 0 Å². The quantitative estimate of drug-likeness (QED) is 0.266. The van der Waals surface area contributed by atoms with E-state index in [0.29, 0.717) is 5.69 Å². The number of aromatic nitrogens is 1. The molecule has 5 aromatic rings. The standard InChI is InChI=1S/C27H22N4O2/c1-33-24-13-7-11-22-25(21-10-5-6-12-23(21)31-26(22)24)28-19-14-16-20(17-15-19)30-27(32)29-18-8-3-2-4-9-18/h2-17H,1H3,(H,28,31)(H2,29,30,32). The number of hydrogen-bond acceptors (Lipinski definition) is 4. The van der Waals surface area contributed by atoms with Crippen LogP contribution in [0, 0.1) is 0 Å². The van der Waals surface area contributed by atoms with E-state index in [9.17, 15) is 4.79 Å². The van der Waals surface area contributed by atoms with E-state index in [2.05, 4.69) is 16.0 Å². The van der Waals surface area contributed by atoms with Crippen LogP contribution in [-0.4, -0.2) is 18.1 Å². The minimum absolute atomic E-state index is 0.292. The molecular weight excluding hydrogens is 412 g/mol. The summed E-state index contributed by atoms with van der Waals surface area (Å²) in [6, 6.07) is 30.5. The molecule has 0 unspecified atom stereocenters. The Bertz CT molecular complexity index is 1430. The number of ether oxygens (including phenoxy) is 1. The molecule has 0 bridgehead atoms. The lowest BCUT2D eigenvalue weighted by Gasteiger charge is -2.15. The third-order valence-corrected chi connectivity index (χ3v) is 5.34. The van der Waals surface area contributed by atoms with Crippen molar-refractivity contribution >= 4 is 50.6 Å². The van der Waals surface area contributed by atoms with Crippen LogP contribution in [0.15, 0.2) is 97.1 Å². The molecule has 5 rings (SSSR count). The SMILES string of the molecule is COc1cccc2c(Nc3ccc(NC(=O)Nc4ccccc4)cc3)c3ccccc3nc12. The number of fused-ring (bicyclic) bond motifs is 2. The molecule has 0 atom stereocenters. The van der Waals surface area contributed by atoms with Gasteiger partial charge < -0.3 is 20.7 Å². The Morgan fingerprint density at radius 1 is 0.697 bits per heavy atom. The van der Waals surface area contributed by atoms with E-state index in [1.165, 1.54) is 0 Å². The molecule has 4 aromatic carbocycles. The summed E-state index contributed by atoms with van der Waals surface area (Å²) in [7, 11) is 1.65. The monoisotopic (exact) mass is 434 g/mol. The highest BCUT2D eigenvalue weighted by molar-refractivity contribution is 6.10. The number of hydrogen-bond donors (Lipinski definition) is 3. The molecule has 0 radical (unpaired) electrons. The van der Waals surface area contributed by atoms with Crippen molar-refractivity contribution in [3.8, 4) is 5.75 Å². The molecule has 162 valence electrons. The number of para-hydroxylation sites is 3. The van der Waals surface area contributed by atoms with Crippen LogP contribution in [0.1, 0.15) is 0 Å². The summed E-state index contributed by atoms with van der Waals surface area (Å²) in [6.45, 7) is 0. The summed E-state index contributed by atoms with van der Waals surface area (Å²) < 4.78 is 5.54. The van der Waals surface area contributed by atoms with Crippen LogP contribution < -0.4 is 20.7 Å². The van der Waals surface area contributed by atoms with Crippen LogP contribution in [0.5, 0.6) is 5.75 Å². The molecule has 6 heteroatoms. The molecule has 1 aromatic heterocycles. The first kappa shape index (κ1) is 20.3. The van der Waals surface area contributed by atoms with Gasteiger partial charge in [0.05, 0.1) is 18.3 Å². The number of pyridine rings is 1. The maximum Gasteiger partial charge on any atom is 0.323 e. The van der Waals surface area contributed by atoms with E-state index in [-0.39, 0.29) is 6.03 Å². The van der Waals surface area contributed by atoms with Gasteiger partial charge >= 0.3 is 6.03 Å². The fourth-order valence-corrected chi connectivity index (χ4v) is 3.78. The number of rotatable bonds is 5. The lowest BCUT2D eigenvalue weighted by Crippen LogP contribution is -2.19. The number of amides is 2.